The number of hydrogen-bond donors (Lipinski definition) is 0. The highest BCUT2D eigenvalue weighted by Gasteiger charge is 2.42. The lowest BCUT2D eigenvalue weighted by Gasteiger charge is -2.29. The molecule has 0 radical (unpaired) electrons. The molecule has 37 heavy (non-hydrogen) atoms. The van der Waals surface area contributed by atoms with E-state index in [1.54, 1.807) is 30.2 Å². The van der Waals surface area contributed by atoms with Crippen molar-refractivity contribution < 1.29 is 23.4 Å². The number of carbonyl (C=O) groups is 1. The van der Waals surface area contributed by atoms with Gasteiger partial charge in [0.05, 0.1) is 43.9 Å². The van der Waals surface area contributed by atoms with E-state index in [-0.39, 0.29) is 17.1 Å². The zero-order chi connectivity index (χ0) is 25.8. The quantitative estimate of drug-likeness (QED) is 0.380. The average Bonchev–Trinajstić information content (AvgIpc) is 3.21. The fraction of sp³-hybridized carbons (Fsp3) is 0.448. The van der Waals surface area contributed by atoms with Gasteiger partial charge in [0.1, 0.15) is 5.58 Å². The molecule has 3 heterocycles. The largest absolute Gasteiger partial charge is 0.493 e. The minimum Gasteiger partial charge on any atom is -0.493 e. The Morgan fingerprint density at radius 1 is 1.00 bits per heavy atom. The Labute approximate surface area is 216 Å². The molecule has 1 aromatic heterocycles. The van der Waals surface area contributed by atoms with Crippen LogP contribution in [-0.2, 0) is 4.74 Å². The van der Waals surface area contributed by atoms with Crippen LogP contribution >= 0.6 is 0 Å². The molecule has 1 saturated heterocycles. The number of morpholine rings is 1. The highest BCUT2D eigenvalue weighted by molar-refractivity contribution is 5.99. The summed E-state index contributed by atoms with van der Waals surface area (Å²) in [6, 6.07) is 12.2. The number of para-hydroxylation sites is 1. The third-order valence-electron chi connectivity index (χ3n) is 7.11. The van der Waals surface area contributed by atoms with Crippen LogP contribution in [0.1, 0.15) is 53.9 Å². The third-order valence-corrected chi connectivity index (χ3v) is 7.11. The lowest BCUT2D eigenvalue weighted by atomic mass is 9.98. The summed E-state index contributed by atoms with van der Waals surface area (Å²) in [4.78, 5) is 31.5. The van der Waals surface area contributed by atoms with E-state index in [0.29, 0.717) is 41.2 Å². The Morgan fingerprint density at radius 3 is 2.59 bits per heavy atom. The molecule has 0 saturated carbocycles. The first kappa shape index (κ1) is 25.3. The molecular formula is C29H34N2O6. The van der Waals surface area contributed by atoms with E-state index in [4.69, 9.17) is 18.6 Å². The van der Waals surface area contributed by atoms with Crippen LogP contribution in [0.2, 0.25) is 0 Å². The molecule has 1 fully saturated rings. The average molecular weight is 507 g/mol. The highest BCUT2D eigenvalue weighted by Crippen LogP contribution is 2.41. The van der Waals surface area contributed by atoms with E-state index >= 15 is 0 Å². The van der Waals surface area contributed by atoms with Gasteiger partial charge in [0.15, 0.2) is 16.9 Å². The molecule has 0 aliphatic carbocycles. The topological polar surface area (TPSA) is 81.5 Å². The Kier molecular flexibility index (Phi) is 7.76. The van der Waals surface area contributed by atoms with Crippen molar-refractivity contribution in [2.75, 3.05) is 53.1 Å². The summed E-state index contributed by atoms with van der Waals surface area (Å²) in [5, 5.41) is 0.473. The zero-order valence-corrected chi connectivity index (χ0v) is 21.5. The van der Waals surface area contributed by atoms with Crippen LogP contribution in [0.3, 0.4) is 0 Å². The van der Waals surface area contributed by atoms with E-state index < -0.39 is 6.04 Å². The number of ether oxygens (including phenoxy) is 3. The second-order valence-electron chi connectivity index (χ2n) is 9.49. The van der Waals surface area contributed by atoms with Crippen LogP contribution < -0.4 is 14.9 Å². The fourth-order valence-electron chi connectivity index (χ4n) is 5.13. The van der Waals surface area contributed by atoms with Gasteiger partial charge >= 0.3 is 0 Å². The highest BCUT2D eigenvalue weighted by atomic mass is 16.5. The van der Waals surface area contributed by atoms with Crippen molar-refractivity contribution in [1.82, 2.24) is 9.80 Å². The number of hydrogen-bond acceptors (Lipinski definition) is 7. The Morgan fingerprint density at radius 2 is 1.81 bits per heavy atom. The monoisotopic (exact) mass is 506 g/mol. The van der Waals surface area contributed by atoms with Crippen molar-refractivity contribution >= 4 is 16.9 Å². The van der Waals surface area contributed by atoms with Crippen LogP contribution in [0.15, 0.2) is 51.7 Å². The first-order valence-corrected chi connectivity index (χ1v) is 13.1. The van der Waals surface area contributed by atoms with E-state index in [2.05, 4.69) is 11.8 Å². The van der Waals surface area contributed by atoms with Gasteiger partial charge in [-0.25, -0.2) is 0 Å². The minimum absolute atomic E-state index is 0.127. The number of benzene rings is 2. The zero-order valence-electron chi connectivity index (χ0n) is 21.5. The normalized spacial score (nSPS) is 17.8. The predicted octanol–water partition coefficient (Wildman–Crippen LogP) is 4.25. The smallest absolute Gasteiger partial charge is 0.290 e. The van der Waals surface area contributed by atoms with Crippen molar-refractivity contribution in [2.45, 2.75) is 32.2 Å². The molecular weight excluding hydrogens is 472 g/mol. The Hall–Kier alpha value is -3.36. The van der Waals surface area contributed by atoms with Crippen LogP contribution in [0.5, 0.6) is 11.5 Å². The van der Waals surface area contributed by atoms with Crippen molar-refractivity contribution in [3.05, 3.63) is 69.6 Å². The number of rotatable bonds is 10. The number of fused-ring (bicyclic) bond motifs is 2. The summed E-state index contributed by atoms with van der Waals surface area (Å²) < 4.78 is 23.1. The first-order valence-electron chi connectivity index (χ1n) is 13.1. The summed E-state index contributed by atoms with van der Waals surface area (Å²) in [5.74, 6) is 1.09. The van der Waals surface area contributed by atoms with E-state index in [9.17, 15) is 9.59 Å². The summed E-state index contributed by atoms with van der Waals surface area (Å²) in [5.41, 5.74) is 1.43. The van der Waals surface area contributed by atoms with Gasteiger partial charge in [0.2, 0.25) is 5.76 Å². The number of methoxy groups -OCH3 is 1. The summed E-state index contributed by atoms with van der Waals surface area (Å²) in [6.45, 7) is 7.30. The molecule has 0 bridgehead atoms. The molecule has 2 aliphatic rings. The lowest BCUT2D eigenvalue weighted by Crippen LogP contribution is -2.38. The van der Waals surface area contributed by atoms with E-state index in [1.165, 1.54) is 0 Å². The molecule has 0 N–H and O–H groups in total. The lowest BCUT2D eigenvalue weighted by molar-refractivity contribution is 0.0353. The molecule has 2 aromatic carbocycles. The van der Waals surface area contributed by atoms with Crippen molar-refractivity contribution in [3.8, 4) is 11.5 Å². The first-order chi connectivity index (χ1) is 18.1. The molecule has 1 atom stereocenters. The summed E-state index contributed by atoms with van der Waals surface area (Å²) in [7, 11) is 1.60. The van der Waals surface area contributed by atoms with Crippen LogP contribution in [0.25, 0.3) is 11.0 Å². The van der Waals surface area contributed by atoms with Crippen LogP contribution in [-0.4, -0.2) is 68.8 Å². The van der Waals surface area contributed by atoms with Crippen LogP contribution in [0.4, 0.5) is 0 Å². The number of unbranched alkanes of at least 4 members (excludes halogenated alkanes) is 1. The maximum atomic E-state index is 13.7. The molecule has 196 valence electrons. The molecule has 8 heteroatoms. The van der Waals surface area contributed by atoms with E-state index in [0.717, 1.165) is 57.7 Å². The summed E-state index contributed by atoms with van der Waals surface area (Å²) >= 11 is 0. The number of nitrogens with zero attached hydrogens (tertiary/aromatic N) is 2. The molecule has 3 aromatic rings. The Balaban J connectivity index is 1.51. The molecule has 1 unspecified atom stereocenters. The predicted molar refractivity (Wildman–Crippen MR) is 141 cm³/mol. The standard InChI is InChI=1S/C29H34N2O6/c1-3-4-16-36-23-11-10-20(19-24(23)34-2)26-25-27(32)21-8-5-6-9-22(21)37-28(25)29(33)31(26)13-7-12-30-14-17-35-18-15-30/h5-6,8-11,19,26H,3-4,7,12-18H2,1-2H3. The molecule has 1 amide bonds. The van der Waals surface area contributed by atoms with E-state index in [1.807, 2.05) is 24.3 Å². The van der Waals surface area contributed by atoms with Gasteiger partial charge in [-0.2, -0.15) is 0 Å². The third kappa shape index (κ3) is 5.08. The van der Waals surface area contributed by atoms with Gasteiger partial charge in [-0.3, -0.25) is 14.5 Å². The maximum absolute atomic E-state index is 13.7. The van der Waals surface area contributed by atoms with Gasteiger partial charge in [-0.05, 0) is 42.7 Å². The Bertz CT molecular complexity index is 1310. The van der Waals surface area contributed by atoms with Crippen LogP contribution in [0, 0.1) is 0 Å². The molecule has 0 spiro atoms. The van der Waals surface area contributed by atoms with Gasteiger partial charge in [0.25, 0.3) is 5.91 Å². The number of amides is 1. The molecule has 2 aliphatic heterocycles. The molecule has 8 nitrogen and oxygen atoms in total. The van der Waals surface area contributed by atoms with Gasteiger partial charge < -0.3 is 23.5 Å². The summed E-state index contributed by atoms with van der Waals surface area (Å²) in [6.07, 6.45) is 2.75. The molecule has 5 rings (SSSR count). The van der Waals surface area contributed by atoms with Crippen molar-refractivity contribution in [1.29, 1.82) is 0 Å². The van der Waals surface area contributed by atoms with Gasteiger partial charge in [-0.15, -0.1) is 0 Å². The second kappa shape index (κ2) is 11.4. The SMILES string of the molecule is CCCCOc1ccc(C2c3c(oc4ccccc4c3=O)C(=O)N2CCCN2CCOCC2)cc1OC. The number of carbonyl (C=O) groups excluding carboxylic acids is 1. The van der Waals surface area contributed by atoms with Gasteiger partial charge in [0, 0.05) is 26.2 Å². The fourth-order valence-corrected chi connectivity index (χ4v) is 5.13. The van der Waals surface area contributed by atoms with Crippen molar-refractivity contribution in [2.24, 2.45) is 0 Å². The van der Waals surface area contributed by atoms with Crippen molar-refractivity contribution in [3.63, 3.8) is 0 Å². The van der Waals surface area contributed by atoms with Gasteiger partial charge in [-0.1, -0.05) is 31.5 Å². The minimum atomic E-state index is -0.563. The maximum Gasteiger partial charge on any atom is 0.290 e. The second-order valence-corrected chi connectivity index (χ2v) is 9.49.